The van der Waals surface area contributed by atoms with Crippen LogP contribution >= 0.6 is 0 Å². The summed E-state index contributed by atoms with van der Waals surface area (Å²) in [5, 5.41) is 4.95. The second kappa shape index (κ2) is 9.92. The van der Waals surface area contributed by atoms with Crippen molar-refractivity contribution < 1.29 is 14.3 Å². The van der Waals surface area contributed by atoms with Crippen LogP contribution in [0.2, 0.25) is 0 Å². The molecule has 0 saturated heterocycles. The van der Waals surface area contributed by atoms with Crippen LogP contribution in [0.4, 0.5) is 4.79 Å². The van der Waals surface area contributed by atoms with Crippen LogP contribution in [0.5, 0.6) is 0 Å². The van der Waals surface area contributed by atoms with Crippen LogP contribution < -0.4 is 10.6 Å². The summed E-state index contributed by atoms with van der Waals surface area (Å²) in [6, 6.07) is 8.44. The van der Waals surface area contributed by atoms with E-state index in [4.69, 9.17) is 4.74 Å². The summed E-state index contributed by atoms with van der Waals surface area (Å²) in [6.45, 7) is 3.59. The molecule has 3 amide bonds. The highest BCUT2D eigenvalue weighted by Gasteiger charge is 2.26. The number of amides is 3. The van der Waals surface area contributed by atoms with Gasteiger partial charge in [-0.2, -0.15) is 0 Å². The number of nitrogens with zero attached hydrogens (tertiary/aromatic N) is 1. The number of nitrogens with one attached hydrogen (secondary N) is 2. The van der Waals surface area contributed by atoms with Crippen molar-refractivity contribution in [3.63, 3.8) is 0 Å². The van der Waals surface area contributed by atoms with Gasteiger partial charge >= 0.3 is 6.03 Å². The van der Waals surface area contributed by atoms with E-state index >= 15 is 0 Å². The first-order valence-corrected chi connectivity index (χ1v) is 7.43. The molecule has 2 N–H and O–H groups in total. The van der Waals surface area contributed by atoms with Gasteiger partial charge in [0, 0.05) is 26.8 Å². The number of methoxy groups -OCH3 is 1. The lowest BCUT2D eigenvalue weighted by Crippen LogP contribution is -2.45. The van der Waals surface area contributed by atoms with E-state index in [2.05, 4.69) is 10.6 Å². The Balaban J connectivity index is 2.82. The Bertz CT molecular complexity index is 465. The van der Waals surface area contributed by atoms with Crippen molar-refractivity contribution >= 4 is 11.9 Å². The van der Waals surface area contributed by atoms with Crippen LogP contribution in [0.3, 0.4) is 0 Å². The second-order valence-corrected chi connectivity index (χ2v) is 4.99. The van der Waals surface area contributed by atoms with Crippen molar-refractivity contribution in [1.29, 1.82) is 0 Å². The van der Waals surface area contributed by atoms with Crippen molar-refractivity contribution in [2.24, 2.45) is 0 Å². The van der Waals surface area contributed by atoms with Crippen LogP contribution in [0, 0.1) is 0 Å². The van der Waals surface area contributed by atoms with Crippen molar-refractivity contribution in [3.8, 4) is 0 Å². The van der Waals surface area contributed by atoms with Crippen LogP contribution in [0.1, 0.15) is 24.9 Å². The Kier molecular flexibility index (Phi) is 8.17. The molecule has 1 rings (SSSR count). The van der Waals surface area contributed by atoms with Gasteiger partial charge in [0.05, 0.1) is 0 Å². The third kappa shape index (κ3) is 5.83. The molecule has 122 valence electrons. The largest absolute Gasteiger partial charge is 0.385 e. The molecule has 0 aliphatic carbocycles. The summed E-state index contributed by atoms with van der Waals surface area (Å²) >= 11 is 0. The topological polar surface area (TPSA) is 70.7 Å². The van der Waals surface area contributed by atoms with Gasteiger partial charge in [-0.15, -0.1) is 0 Å². The van der Waals surface area contributed by atoms with E-state index in [1.807, 2.05) is 42.3 Å². The number of carbonyl (C=O) groups is 2. The van der Waals surface area contributed by atoms with Gasteiger partial charge in [0.15, 0.2) is 0 Å². The molecule has 22 heavy (non-hydrogen) atoms. The molecule has 1 unspecified atom stereocenters. The maximum Gasteiger partial charge on any atom is 0.321 e. The molecule has 0 radical (unpaired) electrons. The summed E-state index contributed by atoms with van der Waals surface area (Å²) < 4.78 is 5.04. The van der Waals surface area contributed by atoms with Gasteiger partial charge in [0.2, 0.25) is 5.91 Å². The van der Waals surface area contributed by atoms with Crippen molar-refractivity contribution in [2.45, 2.75) is 19.4 Å². The number of imide groups is 1. The summed E-state index contributed by atoms with van der Waals surface area (Å²) in [4.78, 5) is 26.0. The van der Waals surface area contributed by atoms with Crippen LogP contribution in [0.25, 0.3) is 0 Å². The average molecular weight is 307 g/mol. The summed E-state index contributed by atoms with van der Waals surface area (Å²) in [5.41, 5.74) is 0.851. The Labute approximate surface area is 131 Å². The zero-order valence-corrected chi connectivity index (χ0v) is 13.5. The highest BCUT2D eigenvalue weighted by molar-refractivity contribution is 5.97. The van der Waals surface area contributed by atoms with E-state index in [-0.39, 0.29) is 5.91 Å². The first-order valence-electron chi connectivity index (χ1n) is 7.43. The minimum atomic E-state index is -0.513. The second-order valence-electron chi connectivity index (χ2n) is 4.99. The predicted octanol–water partition coefficient (Wildman–Crippen LogP) is 1.54. The van der Waals surface area contributed by atoms with E-state index in [0.717, 1.165) is 12.0 Å². The smallest absolute Gasteiger partial charge is 0.321 e. The van der Waals surface area contributed by atoms with E-state index < -0.39 is 12.1 Å². The molecule has 1 atom stereocenters. The SMILES string of the molecule is CCNC(=O)NC(=O)C(c1ccccc1)N(C)CCCOC. The lowest BCUT2D eigenvalue weighted by atomic mass is 10.0. The number of hydrogen-bond acceptors (Lipinski definition) is 4. The van der Waals surface area contributed by atoms with Gasteiger partial charge in [-0.3, -0.25) is 15.0 Å². The van der Waals surface area contributed by atoms with Crippen molar-refractivity contribution in [3.05, 3.63) is 35.9 Å². The van der Waals surface area contributed by atoms with Crippen LogP contribution in [0.15, 0.2) is 30.3 Å². The number of urea groups is 1. The Morgan fingerprint density at radius 1 is 1.27 bits per heavy atom. The summed E-state index contributed by atoms with van der Waals surface area (Å²) in [6.07, 6.45) is 0.810. The first kappa shape index (κ1) is 18.1. The molecular weight excluding hydrogens is 282 g/mol. The Morgan fingerprint density at radius 2 is 1.95 bits per heavy atom. The molecular formula is C16H25N3O3. The number of benzene rings is 1. The van der Waals surface area contributed by atoms with Gasteiger partial charge in [-0.1, -0.05) is 30.3 Å². The molecule has 0 bridgehead atoms. The third-order valence-electron chi connectivity index (χ3n) is 3.24. The Hall–Kier alpha value is -1.92. The molecule has 0 fully saturated rings. The molecule has 0 aliphatic rings. The molecule has 0 aliphatic heterocycles. The number of ether oxygens (including phenoxy) is 1. The maximum atomic E-state index is 12.5. The average Bonchev–Trinajstić information content (AvgIpc) is 2.49. The lowest BCUT2D eigenvalue weighted by Gasteiger charge is -2.27. The molecule has 0 aromatic heterocycles. The fourth-order valence-corrected chi connectivity index (χ4v) is 2.21. The molecule has 0 saturated carbocycles. The van der Waals surface area contributed by atoms with E-state index in [1.165, 1.54) is 0 Å². The zero-order chi connectivity index (χ0) is 16.4. The van der Waals surface area contributed by atoms with E-state index in [0.29, 0.717) is 19.7 Å². The molecule has 6 heteroatoms. The molecule has 1 aromatic carbocycles. The molecule has 0 heterocycles. The quantitative estimate of drug-likeness (QED) is 0.715. The van der Waals surface area contributed by atoms with Crippen LogP contribution in [-0.2, 0) is 9.53 Å². The minimum absolute atomic E-state index is 0.336. The van der Waals surface area contributed by atoms with Gasteiger partial charge in [-0.05, 0) is 26.0 Å². The fourth-order valence-electron chi connectivity index (χ4n) is 2.21. The highest BCUT2D eigenvalue weighted by atomic mass is 16.5. The summed E-state index contributed by atoms with van der Waals surface area (Å²) in [7, 11) is 3.51. The van der Waals surface area contributed by atoms with Gasteiger partial charge < -0.3 is 10.1 Å². The molecule has 6 nitrogen and oxygen atoms in total. The van der Waals surface area contributed by atoms with Crippen LogP contribution in [-0.4, -0.2) is 50.7 Å². The monoisotopic (exact) mass is 307 g/mol. The third-order valence-corrected chi connectivity index (χ3v) is 3.24. The standard InChI is InChI=1S/C16H25N3O3/c1-4-17-16(21)18-15(20)14(13-9-6-5-7-10-13)19(2)11-8-12-22-3/h5-7,9-10,14H,4,8,11-12H2,1-3H3,(H2,17,18,20,21). The van der Waals surface area contributed by atoms with Crippen molar-refractivity contribution in [2.75, 3.05) is 33.9 Å². The van der Waals surface area contributed by atoms with Gasteiger partial charge in [0.1, 0.15) is 6.04 Å². The lowest BCUT2D eigenvalue weighted by molar-refractivity contribution is -0.125. The predicted molar refractivity (Wildman–Crippen MR) is 85.5 cm³/mol. The highest BCUT2D eigenvalue weighted by Crippen LogP contribution is 2.19. The molecule has 1 aromatic rings. The van der Waals surface area contributed by atoms with E-state index in [1.54, 1.807) is 14.0 Å². The van der Waals surface area contributed by atoms with Crippen molar-refractivity contribution in [1.82, 2.24) is 15.5 Å². The Morgan fingerprint density at radius 3 is 2.55 bits per heavy atom. The van der Waals surface area contributed by atoms with Gasteiger partial charge in [-0.25, -0.2) is 4.79 Å². The normalized spacial score (nSPS) is 12.0. The maximum absolute atomic E-state index is 12.5. The zero-order valence-electron chi connectivity index (χ0n) is 13.5. The minimum Gasteiger partial charge on any atom is -0.385 e. The number of rotatable bonds is 8. The number of likely N-dealkylation sites (N-methyl/N-ethyl adjacent to an activating group) is 1. The first-order chi connectivity index (χ1) is 10.6. The summed E-state index contributed by atoms with van der Waals surface area (Å²) in [5.74, 6) is -0.336. The fraction of sp³-hybridized carbons (Fsp3) is 0.500. The number of carbonyl (C=O) groups excluding carboxylic acids is 2. The molecule has 0 spiro atoms. The van der Waals surface area contributed by atoms with Gasteiger partial charge in [0.25, 0.3) is 0 Å². The number of hydrogen-bond donors (Lipinski definition) is 2. The van der Waals surface area contributed by atoms with E-state index in [9.17, 15) is 9.59 Å².